The monoisotopic (exact) mass is 250 g/mol. The Kier molecular flexibility index (Phi) is 6.53. The number of hydrogen-bond acceptors (Lipinski definition) is 4. The zero-order chi connectivity index (χ0) is 12.5. The molecule has 4 heteroatoms. The van der Waals surface area contributed by atoms with Gasteiger partial charge in [0.05, 0.1) is 0 Å². The Morgan fingerprint density at radius 1 is 1.41 bits per heavy atom. The topological polar surface area (TPSA) is 45.0 Å². The van der Waals surface area contributed by atoms with Gasteiger partial charge in [-0.3, -0.25) is 0 Å². The lowest BCUT2D eigenvalue weighted by Gasteiger charge is -2.12. The molecule has 3 nitrogen and oxygen atoms in total. The molecule has 1 N–H and O–H groups in total. The van der Waals surface area contributed by atoms with E-state index in [4.69, 9.17) is 10.00 Å². The molecule has 0 aromatic heterocycles. The second kappa shape index (κ2) is 7.99. The molecule has 0 spiro atoms. The van der Waals surface area contributed by atoms with Gasteiger partial charge in [-0.05, 0) is 30.9 Å². The molecule has 0 saturated heterocycles. The van der Waals surface area contributed by atoms with E-state index in [0.717, 1.165) is 18.0 Å². The van der Waals surface area contributed by atoms with Crippen LogP contribution in [0.3, 0.4) is 0 Å². The second-order valence-electron chi connectivity index (χ2n) is 3.83. The minimum absolute atomic E-state index is 0.0996. The predicted molar refractivity (Wildman–Crippen MR) is 72.2 cm³/mol. The lowest BCUT2D eigenvalue weighted by atomic mass is 10.2. The molecular weight excluding hydrogens is 232 g/mol. The average molecular weight is 250 g/mol. The van der Waals surface area contributed by atoms with E-state index in [1.165, 1.54) is 5.56 Å². The van der Waals surface area contributed by atoms with E-state index < -0.39 is 0 Å². The van der Waals surface area contributed by atoms with Gasteiger partial charge in [-0.25, -0.2) is 0 Å². The Hall–Kier alpha value is -1.18. The third kappa shape index (κ3) is 5.62. The number of ether oxygens (including phenoxy) is 1. The van der Waals surface area contributed by atoms with E-state index in [1.54, 1.807) is 0 Å². The predicted octanol–water partition coefficient (Wildman–Crippen LogP) is 2.43. The van der Waals surface area contributed by atoms with Crippen molar-refractivity contribution in [1.82, 2.24) is 5.32 Å². The fourth-order valence-corrected chi connectivity index (χ4v) is 2.04. The molecule has 0 amide bonds. The summed E-state index contributed by atoms with van der Waals surface area (Å²) in [5.74, 6) is 1.86. The smallest absolute Gasteiger partial charge is 0.174 e. The Balaban J connectivity index is 2.37. The van der Waals surface area contributed by atoms with E-state index >= 15 is 0 Å². The number of rotatable bonds is 7. The van der Waals surface area contributed by atoms with E-state index in [2.05, 4.69) is 18.5 Å². The van der Waals surface area contributed by atoms with Crippen molar-refractivity contribution < 1.29 is 4.74 Å². The molecule has 1 rings (SSSR count). The van der Waals surface area contributed by atoms with Gasteiger partial charge in [0.25, 0.3) is 0 Å². The first-order chi connectivity index (χ1) is 8.26. The molecule has 0 heterocycles. The molecule has 1 unspecified atom stereocenters. The summed E-state index contributed by atoms with van der Waals surface area (Å²) in [4.78, 5) is 0. The normalized spacial score (nSPS) is 11.8. The molecule has 0 bridgehead atoms. The maximum atomic E-state index is 8.39. The Morgan fingerprint density at radius 3 is 2.71 bits per heavy atom. The fourth-order valence-electron chi connectivity index (χ4n) is 1.42. The van der Waals surface area contributed by atoms with Gasteiger partial charge in [0.1, 0.15) is 11.8 Å². The minimum atomic E-state index is 0.0996. The summed E-state index contributed by atoms with van der Waals surface area (Å²) in [6.45, 7) is 3.14. The van der Waals surface area contributed by atoms with Crippen LogP contribution in [0.5, 0.6) is 5.75 Å². The van der Waals surface area contributed by atoms with E-state index in [1.807, 2.05) is 42.1 Å². The van der Waals surface area contributed by atoms with Crippen molar-refractivity contribution >= 4 is 11.8 Å². The van der Waals surface area contributed by atoms with Crippen LogP contribution < -0.4 is 10.1 Å². The van der Waals surface area contributed by atoms with Gasteiger partial charge >= 0.3 is 0 Å². The van der Waals surface area contributed by atoms with Crippen molar-refractivity contribution in [3.8, 4) is 11.8 Å². The zero-order valence-corrected chi connectivity index (χ0v) is 11.1. The highest BCUT2D eigenvalue weighted by atomic mass is 32.2. The third-order valence-corrected chi connectivity index (χ3v) is 3.13. The van der Waals surface area contributed by atoms with Crippen LogP contribution in [0.25, 0.3) is 0 Å². The third-order valence-electron chi connectivity index (χ3n) is 2.30. The average Bonchev–Trinajstić information content (AvgIpc) is 2.35. The van der Waals surface area contributed by atoms with Gasteiger partial charge in [0, 0.05) is 18.3 Å². The van der Waals surface area contributed by atoms with Crippen molar-refractivity contribution in [3.05, 3.63) is 29.8 Å². The Morgan fingerprint density at radius 2 is 2.12 bits per heavy atom. The summed E-state index contributed by atoms with van der Waals surface area (Å²) in [6, 6.07) is 10.3. The lowest BCUT2D eigenvalue weighted by Crippen LogP contribution is -2.27. The highest BCUT2D eigenvalue weighted by Crippen LogP contribution is 2.12. The quantitative estimate of drug-likeness (QED) is 0.807. The highest BCUT2D eigenvalue weighted by molar-refractivity contribution is 7.98. The molecule has 92 valence electrons. The van der Waals surface area contributed by atoms with Crippen LogP contribution in [0, 0.1) is 11.3 Å². The molecule has 0 radical (unpaired) electrons. The summed E-state index contributed by atoms with van der Waals surface area (Å²) < 4.78 is 5.19. The maximum Gasteiger partial charge on any atom is 0.174 e. The van der Waals surface area contributed by atoms with Crippen LogP contribution in [0.4, 0.5) is 0 Å². The SMILES string of the molecule is CSCC(C)NCc1ccc(OCC#N)cc1. The van der Waals surface area contributed by atoms with Crippen molar-refractivity contribution in [2.24, 2.45) is 0 Å². The van der Waals surface area contributed by atoms with E-state index in [0.29, 0.717) is 6.04 Å². The summed E-state index contributed by atoms with van der Waals surface area (Å²) >= 11 is 1.84. The van der Waals surface area contributed by atoms with Gasteiger partial charge in [0.15, 0.2) is 6.61 Å². The molecule has 17 heavy (non-hydrogen) atoms. The molecule has 1 atom stereocenters. The largest absolute Gasteiger partial charge is 0.479 e. The van der Waals surface area contributed by atoms with Crippen LogP contribution in [-0.4, -0.2) is 24.7 Å². The maximum absolute atomic E-state index is 8.39. The summed E-state index contributed by atoms with van der Waals surface area (Å²) in [5.41, 5.74) is 1.22. The van der Waals surface area contributed by atoms with Gasteiger partial charge in [0.2, 0.25) is 0 Å². The first-order valence-electron chi connectivity index (χ1n) is 5.57. The van der Waals surface area contributed by atoms with Crippen LogP contribution >= 0.6 is 11.8 Å². The number of nitrogens with zero attached hydrogens (tertiary/aromatic N) is 1. The molecule has 0 aliphatic rings. The molecular formula is C13H18N2OS. The fraction of sp³-hybridized carbons (Fsp3) is 0.462. The van der Waals surface area contributed by atoms with Crippen LogP contribution in [0.1, 0.15) is 12.5 Å². The standard InChI is InChI=1S/C13H18N2OS/c1-11(10-17-2)15-9-12-3-5-13(6-4-12)16-8-7-14/h3-6,11,15H,8-10H2,1-2H3. The molecule has 0 aliphatic carbocycles. The summed E-state index contributed by atoms with van der Waals surface area (Å²) in [5, 5.41) is 11.8. The van der Waals surface area contributed by atoms with Crippen molar-refractivity contribution in [1.29, 1.82) is 5.26 Å². The van der Waals surface area contributed by atoms with Crippen LogP contribution in [0.2, 0.25) is 0 Å². The summed E-state index contributed by atoms with van der Waals surface area (Å²) in [6.07, 6.45) is 2.11. The van der Waals surface area contributed by atoms with Gasteiger partial charge in [-0.15, -0.1) is 0 Å². The number of nitrogens with one attached hydrogen (secondary N) is 1. The first-order valence-corrected chi connectivity index (χ1v) is 6.96. The zero-order valence-electron chi connectivity index (χ0n) is 10.3. The molecule has 0 aliphatic heterocycles. The highest BCUT2D eigenvalue weighted by Gasteiger charge is 2.00. The van der Waals surface area contributed by atoms with Crippen molar-refractivity contribution in [3.63, 3.8) is 0 Å². The van der Waals surface area contributed by atoms with E-state index in [9.17, 15) is 0 Å². The van der Waals surface area contributed by atoms with E-state index in [-0.39, 0.29) is 6.61 Å². The first kappa shape index (κ1) is 13.9. The number of benzene rings is 1. The van der Waals surface area contributed by atoms with Gasteiger partial charge in [-0.2, -0.15) is 17.0 Å². The molecule has 0 fully saturated rings. The molecule has 1 aromatic rings. The number of nitriles is 1. The van der Waals surface area contributed by atoms with Crippen LogP contribution in [0.15, 0.2) is 24.3 Å². The Labute approximate surface area is 107 Å². The lowest BCUT2D eigenvalue weighted by molar-refractivity contribution is 0.368. The van der Waals surface area contributed by atoms with Crippen LogP contribution in [-0.2, 0) is 6.54 Å². The van der Waals surface area contributed by atoms with Gasteiger partial charge < -0.3 is 10.1 Å². The number of thioether (sulfide) groups is 1. The van der Waals surface area contributed by atoms with Crippen molar-refractivity contribution in [2.45, 2.75) is 19.5 Å². The molecule has 0 saturated carbocycles. The number of hydrogen-bond donors (Lipinski definition) is 1. The Bertz CT molecular complexity index is 359. The minimum Gasteiger partial charge on any atom is -0.479 e. The van der Waals surface area contributed by atoms with Crippen molar-refractivity contribution in [2.75, 3.05) is 18.6 Å². The second-order valence-corrected chi connectivity index (χ2v) is 4.74. The van der Waals surface area contributed by atoms with Gasteiger partial charge in [-0.1, -0.05) is 12.1 Å². The summed E-state index contributed by atoms with van der Waals surface area (Å²) in [7, 11) is 0. The molecule has 1 aromatic carbocycles.